The quantitative estimate of drug-likeness (QED) is 0.739. The smallest absolute Gasteiger partial charge is 0.220 e. The van der Waals surface area contributed by atoms with Crippen LogP contribution in [0, 0.1) is 16.7 Å². The molecule has 0 aromatic rings. The third-order valence-corrected chi connectivity index (χ3v) is 5.36. The molecule has 17 heavy (non-hydrogen) atoms. The Labute approximate surface area is 104 Å². The Bertz CT molecular complexity index is 309. The van der Waals surface area contributed by atoms with E-state index in [1.807, 2.05) is 0 Å². The highest BCUT2D eigenvalue weighted by molar-refractivity contribution is 5.77. The van der Waals surface area contributed by atoms with Crippen molar-refractivity contribution in [2.75, 3.05) is 13.1 Å². The van der Waals surface area contributed by atoms with Crippen molar-refractivity contribution in [2.45, 2.75) is 51.4 Å². The molecule has 0 radical (unpaired) electrons. The molecule has 3 aliphatic rings. The van der Waals surface area contributed by atoms with E-state index in [1.54, 1.807) is 0 Å². The number of nitrogens with two attached hydrogens (primary N) is 1. The topological polar surface area (TPSA) is 55.1 Å². The van der Waals surface area contributed by atoms with Gasteiger partial charge in [0.15, 0.2) is 0 Å². The molecule has 0 saturated heterocycles. The van der Waals surface area contributed by atoms with Crippen LogP contribution in [0.2, 0.25) is 0 Å². The zero-order valence-electron chi connectivity index (χ0n) is 10.6. The maximum Gasteiger partial charge on any atom is 0.220 e. The van der Waals surface area contributed by atoms with Crippen molar-refractivity contribution in [3.05, 3.63) is 0 Å². The fraction of sp³-hybridized carbons (Fsp3) is 0.929. The standard InChI is InChI=1S/C14H24N2O/c15-9-13(4-1-5-13)8-12(17)16-10-14(6-7-14)11-2-3-11/h11H,1-10,15H2,(H,16,17). The first-order valence-electron chi connectivity index (χ1n) is 7.15. The lowest BCUT2D eigenvalue weighted by Gasteiger charge is -2.40. The molecule has 3 N–H and O–H groups in total. The maximum absolute atomic E-state index is 12.0. The van der Waals surface area contributed by atoms with Crippen molar-refractivity contribution >= 4 is 5.91 Å². The van der Waals surface area contributed by atoms with Crippen LogP contribution in [0.3, 0.4) is 0 Å². The molecule has 3 aliphatic carbocycles. The van der Waals surface area contributed by atoms with Gasteiger partial charge in [-0.3, -0.25) is 4.79 Å². The van der Waals surface area contributed by atoms with E-state index in [0.717, 1.165) is 25.3 Å². The summed E-state index contributed by atoms with van der Waals surface area (Å²) in [7, 11) is 0. The zero-order chi connectivity index (χ0) is 11.9. The van der Waals surface area contributed by atoms with E-state index in [2.05, 4.69) is 5.32 Å². The third kappa shape index (κ3) is 2.22. The average molecular weight is 236 g/mol. The van der Waals surface area contributed by atoms with E-state index in [9.17, 15) is 4.79 Å². The van der Waals surface area contributed by atoms with Gasteiger partial charge in [-0.05, 0) is 61.8 Å². The lowest BCUT2D eigenvalue weighted by Crippen LogP contribution is -2.43. The highest BCUT2D eigenvalue weighted by atomic mass is 16.1. The lowest BCUT2D eigenvalue weighted by atomic mass is 9.66. The van der Waals surface area contributed by atoms with Crippen molar-refractivity contribution in [1.82, 2.24) is 5.32 Å². The highest BCUT2D eigenvalue weighted by Gasteiger charge is 2.53. The minimum atomic E-state index is 0.153. The second kappa shape index (κ2) is 3.98. The summed E-state index contributed by atoms with van der Waals surface area (Å²) in [6.45, 7) is 1.60. The second-order valence-electron chi connectivity index (χ2n) is 6.65. The Balaban J connectivity index is 1.44. The average Bonchev–Trinajstić information content (AvgIpc) is 3.13. The van der Waals surface area contributed by atoms with E-state index in [0.29, 0.717) is 18.4 Å². The molecule has 3 rings (SSSR count). The molecule has 0 aromatic carbocycles. The predicted octanol–water partition coefficient (Wildman–Crippen LogP) is 1.81. The summed E-state index contributed by atoms with van der Waals surface area (Å²) in [5.41, 5.74) is 6.46. The van der Waals surface area contributed by atoms with Crippen LogP contribution in [0.1, 0.15) is 51.4 Å². The van der Waals surface area contributed by atoms with Crippen molar-refractivity contribution in [3.8, 4) is 0 Å². The largest absolute Gasteiger partial charge is 0.356 e. The Hall–Kier alpha value is -0.570. The van der Waals surface area contributed by atoms with Gasteiger partial charge < -0.3 is 11.1 Å². The minimum absolute atomic E-state index is 0.153. The molecular formula is C14H24N2O. The summed E-state index contributed by atoms with van der Waals surface area (Å²) >= 11 is 0. The van der Waals surface area contributed by atoms with Crippen molar-refractivity contribution in [1.29, 1.82) is 0 Å². The number of amides is 1. The Morgan fingerprint density at radius 3 is 2.35 bits per heavy atom. The van der Waals surface area contributed by atoms with Gasteiger partial charge in [0.1, 0.15) is 0 Å². The zero-order valence-corrected chi connectivity index (χ0v) is 10.6. The third-order valence-electron chi connectivity index (χ3n) is 5.36. The van der Waals surface area contributed by atoms with Gasteiger partial charge in [0, 0.05) is 13.0 Å². The summed E-state index contributed by atoms with van der Waals surface area (Å²) in [4.78, 5) is 12.0. The predicted molar refractivity (Wildman–Crippen MR) is 67.4 cm³/mol. The molecule has 1 amide bonds. The number of rotatable bonds is 6. The van der Waals surface area contributed by atoms with Crippen molar-refractivity contribution in [3.63, 3.8) is 0 Å². The molecule has 0 aromatic heterocycles. The van der Waals surface area contributed by atoms with Crippen LogP contribution in [-0.4, -0.2) is 19.0 Å². The molecule has 0 aliphatic heterocycles. The summed E-state index contributed by atoms with van der Waals surface area (Å²) in [5, 5.41) is 3.17. The van der Waals surface area contributed by atoms with Gasteiger partial charge in [-0.2, -0.15) is 0 Å². The fourth-order valence-corrected chi connectivity index (χ4v) is 3.39. The van der Waals surface area contributed by atoms with Crippen LogP contribution >= 0.6 is 0 Å². The maximum atomic E-state index is 12.0. The highest BCUT2D eigenvalue weighted by Crippen LogP contribution is 2.60. The van der Waals surface area contributed by atoms with Crippen molar-refractivity contribution < 1.29 is 4.79 Å². The van der Waals surface area contributed by atoms with Crippen LogP contribution in [0.15, 0.2) is 0 Å². The Morgan fingerprint density at radius 2 is 1.94 bits per heavy atom. The van der Waals surface area contributed by atoms with Crippen LogP contribution in [-0.2, 0) is 4.79 Å². The normalized spacial score (nSPS) is 28.3. The minimum Gasteiger partial charge on any atom is -0.356 e. The monoisotopic (exact) mass is 236 g/mol. The molecular weight excluding hydrogens is 212 g/mol. The molecule has 3 nitrogen and oxygen atoms in total. The number of hydrogen-bond donors (Lipinski definition) is 2. The van der Waals surface area contributed by atoms with Gasteiger partial charge in [0.2, 0.25) is 5.91 Å². The summed E-state index contributed by atoms with van der Waals surface area (Å²) < 4.78 is 0. The van der Waals surface area contributed by atoms with E-state index in [-0.39, 0.29) is 11.3 Å². The van der Waals surface area contributed by atoms with E-state index in [4.69, 9.17) is 5.73 Å². The van der Waals surface area contributed by atoms with Gasteiger partial charge in [-0.25, -0.2) is 0 Å². The van der Waals surface area contributed by atoms with Crippen LogP contribution in [0.4, 0.5) is 0 Å². The van der Waals surface area contributed by atoms with Gasteiger partial charge in [0.05, 0.1) is 0 Å². The first kappa shape index (κ1) is 11.5. The van der Waals surface area contributed by atoms with Crippen LogP contribution in [0.5, 0.6) is 0 Å². The van der Waals surface area contributed by atoms with Gasteiger partial charge in [0.25, 0.3) is 0 Å². The summed E-state index contributed by atoms with van der Waals surface area (Å²) in [6.07, 6.45) is 9.64. The SMILES string of the molecule is NCC1(CC(=O)NCC2(C3CC3)CC2)CCC1. The molecule has 3 fully saturated rings. The van der Waals surface area contributed by atoms with E-state index >= 15 is 0 Å². The number of carbonyl (C=O) groups excluding carboxylic acids is 1. The summed E-state index contributed by atoms with van der Waals surface area (Å²) in [5.74, 6) is 1.16. The molecule has 0 atom stereocenters. The molecule has 3 heteroatoms. The van der Waals surface area contributed by atoms with Crippen molar-refractivity contribution in [2.24, 2.45) is 22.5 Å². The Kier molecular flexibility index (Phi) is 2.69. The molecule has 0 unspecified atom stereocenters. The fourth-order valence-electron chi connectivity index (χ4n) is 3.39. The van der Waals surface area contributed by atoms with Crippen LogP contribution < -0.4 is 11.1 Å². The van der Waals surface area contributed by atoms with Gasteiger partial charge in [-0.1, -0.05) is 6.42 Å². The summed E-state index contributed by atoms with van der Waals surface area (Å²) in [6, 6.07) is 0. The molecule has 0 spiro atoms. The second-order valence-corrected chi connectivity index (χ2v) is 6.65. The molecule has 0 bridgehead atoms. The Morgan fingerprint density at radius 1 is 1.24 bits per heavy atom. The van der Waals surface area contributed by atoms with Crippen LogP contribution in [0.25, 0.3) is 0 Å². The molecule has 96 valence electrons. The van der Waals surface area contributed by atoms with E-state index in [1.165, 1.54) is 32.1 Å². The first-order valence-corrected chi connectivity index (χ1v) is 7.15. The van der Waals surface area contributed by atoms with Gasteiger partial charge >= 0.3 is 0 Å². The number of hydrogen-bond acceptors (Lipinski definition) is 2. The number of carbonyl (C=O) groups is 1. The first-order chi connectivity index (χ1) is 8.18. The van der Waals surface area contributed by atoms with E-state index < -0.39 is 0 Å². The molecule has 3 saturated carbocycles. The lowest BCUT2D eigenvalue weighted by molar-refractivity contribution is -0.125. The number of nitrogens with one attached hydrogen (secondary N) is 1. The molecule has 0 heterocycles. The van der Waals surface area contributed by atoms with Gasteiger partial charge in [-0.15, -0.1) is 0 Å².